The number of carboxylic acids is 1. The number of benzene rings is 2. The van der Waals surface area contributed by atoms with Crippen molar-refractivity contribution in [1.29, 1.82) is 0 Å². The van der Waals surface area contributed by atoms with E-state index in [1.54, 1.807) is 6.07 Å². The van der Waals surface area contributed by atoms with Gasteiger partial charge in [0.25, 0.3) is 0 Å². The molecule has 2 aromatic carbocycles. The molecule has 4 aliphatic rings. The van der Waals surface area contributed by atoms with Crippen LogP contribution in [-0.4, -0.2) is 58.0 Å². The van der Waals surface area contributed by atoms with Crippen LogP contribution in [0.5, 0.6) is 11.5 Å². The summed E-state index contributed by atoms with van der Waals surface area (Å²) in [6.45, 7) is 6.17. The molecule has 2 saturated carbocycles. The van der Waals surface area contributed by atoms with Crippen molar-refractivity contribution in [1.82, 2.24) is 4.90 Å². The number of aliphatic carboxylic acids is 1. The van der Waals surface area contributed by atoms with E-state index in [9.17, 15) is 20.1 Å². The lowest BCUT2D eigenvalue weighted by molar-refractivity contribution is -0.143. The number of likely N-dealkylation sites (tertiary alicyclic amines) is 1. The van der Waals surface area contributed by atoms with Crippen LogP contribution in [0, 0.1) is 17.3 Å². The highest BCUT2D eigenvalue weighted by atomic mass is 35.5. The SMILES string of the molecule is C[C@]12C[C@H](c3ccc(OCCN4CCCCC4)cc3)[C@@H]3c4ccc(O)c(Cl)c4CC[C@H]3[C@@H]1CC[C@@]2(O)CCC(=O)O. The molecule has 1 aliphatic heterocycles. The number of rotatable bonds is 8. The van der Waals surface area contributed by atoms with E-state index in [1.807, 2.05) is 0 Å². The van der Waals surface area contributed by atoms with Crippen molar-refractivity contribution in [3.05, 3.63) is 58.1 Å². The number of phenols is 1. The van der Waals surface area contributed by atoms with E-state index in [4.69, 9.17) is 16.3 Å². The minimum absolute atomic E-state index is 0.0151. The molecule has 6 atom stereocenters. The summed E-state index contributed by atoms with van der Waals surface area (Å²) in [7, 11) is 0. The second-order valence-corrected chi connectivity index (χ2v) is 13.7. The van der Waals surface area contributed by atoms with Gasteiger partial charge in [0.1, 0.15) is 18.1 Å². The van der Waals surface area contributed by atoms with Gasteiger partial charge in [0.15, 0.2) is 0 Å². The second kappa shape index (κ2) is 11.4. The van der Waals surface area contributed by atoms with Crippen molar-refractivity contribution in [2.45, 2.75) is 88.6 Å². The van der Waals surface area contributed by atoms with Crippen molar-refractivity contribution in [3.8, 4) is 11.5 Å². The minimum Gasteiger partial charge on any atom is -0.506 e. The lowest BCUT2D eigenvalue weighted by atomic mass is 9.49. The van der Waals surface area contributed by atoms with E-state index in [1.165, 1.54) is 30.4 Å². The minimum atomic E-state index is -0.996. The van der Waals surface area contributed by atoms with Crippen LogP contribution in [0.15, 0.2) is 36.4 Å². The van der Waals surface area contributed by atoms with Crippen molar-refractivity contribution < 1.29 is 24.9 Å². The number of fused-ring (bicyclic) bond motifs is 5. The van der Waals surface area contributed by atoms with Crippen molar-refractivity contribution in [3.63, 3.8) is 0 Å². The largest absolute Gasteiger partial charge is 0.506 e. The number of hydrogen-bond acceptors (Lipinski definition) is 5. The topological polar surface area (TPSA) is 90.2 Å². The second-order valence-electron chi connectivity index (χ2n) is 13.3. The molecular weight excluding hydrogens is 538 g/mol. The van der Waals surface area contributed by atoms with Gasteiger partial charge in [0.2, 0.25) is 0 Å². The molecule has 3 aliphatic carbocycles. The summed E-state index contributed by atoms with van der Waals surface area (Å²) in [6.07, 6.45) is 8.24. The van der Waals surface area contributed by atoms with Crippen LogP contribution >= 0.6 is 11.6 Å². The summed E-state index contributed by atoms with van der Waals surface area (Å²) in [5.74, 6) is 1.17. The number of halogens is 1. The third kappa shape index (κ3) is 5.25. The molecule has 0 amide bonds. The number of aliphatic hydroxyl groups is 1. The molecule has 6 nitrogen and oxygen atoms in total. The van der Waals surface area contributed by atoms with E-state index in [0.717, 1.165) is 56.6 Å². The highest BCUT2D eigenvalue weighted by Crippen LogP contribution is 2.68. The number of ether oxygens (including phenoxy) is 1. The highest BCUT2D eigenvalue weighted by molar-refractivity contribution is 6.32. The van der Waals surface area contributed by atoms with Gasteiger partial charge in [-0.3, -0.25) is 9.69 Å². The summed E-state index contributed by atoms with van der Waals surface area (Å²) < 4.78 is 6.14. The number of carbonyl (C=O) groups is 1. The Morgan fingerprint density at radius 3 is 2.59 bits per heavy atom. The van der Waals surface area contributed by atoms with E-state index in [0.29, 0.717) is 36.3 Å². The fraction of sp³-hybridized carbons (Fsp3) is 0.618. The summed E-state index contributed by atoms with van der Waals surface area (Å²) in [4.78, 5) is 14.0. The maximum atomic E-state index is 12.0. The fourth-order valence-electron chi connectivity index (χ4n) is 9.17. The van der Waals surface area contributed by atoms with Crippen LogP contribution in [0.25, 0.3) is 0 Å². The molecule has 0 aromatic heterocycles. The molecule has 1 heterocycles. The smallest absolute Gasteiger partial charge is 0.303 e. The normalized spacial score (nSPS) is 33.0. The standard InChI is InChI=1S/C34H44ClNO5/c1-33-21-27(22-5-7-23(8-6-22)41-20-19-36-17-3-2-4-18-36)31-24-11-12-29(37)32(35)25(24)9-10-26(31)28(33)13-15-34(33,40)16-14-30(38)39/h5-8,11-12,26-28,31,37,40H,2-4,9-10,13-21H2,1H3,(H,38,39)/t26-,27+,28-,31+,33-,34+/m0/s1. The molecule has 6 rings (SSSR count). The fourth-order valence-corrected chi connectivity index (χ4v) is 9.44. The maximum absolute atomic E-state index is 12.0. The van der Waals surface area contributed by atoms with Gasteiger partial charge in [-0.15, -0.1) is 0 Å². The lowest BCUT2D eigenvalue weighted by Crippen LogP contribution is -2.53. The first-order valence-corrected chi connectivity index (χ1v) is 16.0. The first-order valence-electron chi connectivity index (χ1n) is 15.6. The van der Waals surface area contributed by atoms with Gasteiger partial charge in [-0.1, -0.05) is 43.1 Å². The maximum Gasteiger partial charge on any atom is 0.303 e. The van der Waals surface area contributed by atoms with Gasteiger partial charge in [-0.2, -0.15) is 0 Å². The van der Waals surface area contributed by atoms with Crippen LogP contribution in [0.1, 0.15) is 93.2 Å². The molecule has 3 N–H and O–H groups in total. The number of phenolic OH excluding ortho intramolecular Hbond substituents is 1. The Morgan fingerprint density at radius 2 is 1.85 bits per heavy atom. The number of aromatic hydroxyl groups is 1. The number of nitrogens with zero attached hydrogens (tertiary/aromatic N) is 1. The monoisotopic (exact) mass is 581 g/mol. The first kappa shape index (κ1) is 28.8. The quantitative estimate of drug-likeness (QED) is 0.319. The van der Waals surface area contributed by atoms with Gasteiger partial charge in [0.05, 0.1) is 10.6 Å². The van der Waals surface area contributed by atoms with Gasteiger partial charge in [-0.05, 0) is 123 Å². The predicted molar refractivity (Wildman–Crippen MR) is 160 cm³/mol. The first-order chi connectivity index (χ1) is 19.7. The van der Waals surface area contributed by atoms with Crippen LogP contribution in [0.2, 0.25) is 5.02 Å². The average molecular weight is 582 g/mol. The Hall–Kier alpha value is -2.28. The summed E-state index contributed by atoms with van der Waals surface area (Å²) >= 11 is 6.65. The molecule has 0 bridgehead atoms. The summed E-state index contributed by atoms with van der Waals surface area (Å²) in [6, 6.07) is 12.3. The average Bonchev–Trinajstić information content (AvgIpc) is 3.24. The third-order valence-corrected chi connectivity index (χ3v) is 11.8. The molecular formula is C34H44ClNO5. The molecule has 0 spiro atoms. The van der Waals surface area contributed by atoms with Crippen LogP contribution in [-0.2, 0) is 11.2 Å². The number of piperidine rings is 1. The zero-order chi connectivity index (χ0) is 28.8. The highest BCUT2D eigenvalue weighted by Gasteiger charge is 2.63. The van der Waals surface area contributed by atoms with Gasteiger partial charge >= 0.3 is 5.97 Å². The van der Waals surface area contributed by atoms with Crippen molar-refractivity contribution >= 4 is 17.6 Å². The zero-order valence-electron chi connectivity index (χ0n) is 24.2. The summed E-state index contributed by atoms with van der Waals surface area (Å²) in [5, 5.41) is 32.3. The molecule has 2 aromatic rings. The van der Waals surface area contributed by atoms with Gasteiger partial charge in [0, 0.05) is 18.4 Å². The van der Waals surface area contributed by atoms with E-state index in [2.05, 4.69) is 42.2 Å². The van der Waals surface area contributed by atoms with E-state index >= 15 is 0 Å². The Balaban J connectivity index is 1.30. The summed E-state index contributed by atoms with van der Waals surface area (Å²) in [5.41, 5.74) is 2.12. The molecule has 3 fully saturated rings. The Labute approximate surface area is 248 Å². The molecule has 0 radical (unpaired) electrons. The van der Waals surface area contributed by atoms with Crippen molar-refractivity contribution in [2.24, 2.45) is 17.3 Å². The Kier molecular flexibility index (Phi) is 8.03. The van der Waals surface area contributed by atoms with E-state index in [-0.39, 0.29) is 29.4 Å². The van der Waals surface area contributed by atoms with Crippen LogP contribution < -0.4 is 4.74 Å². The van der Waals surface area contributed by atoms with E-state index < -0.39 is 11.6 Å². The molecule has 41 heavy (non-hydrogen) atoms. The third-order valence-electron chi connectivity index (χ3n) is 11.3. The molecule has 1 saturated heterocycles. The molecule has 222 valence electrons. The molecule has 0 unspecified atom stereocenters. The van der Waals surface area contributed by atoms with Gasteiger partial charge < -0.3 is 20.1 Å². The zero-order valence-corrected chi connectivity index (χ0v) is 24.9. The Bertz CT molecular complexity index is 1260. The van der Waals surface area contributed by atoms with Gasteiger partial charge in [-0.25, -0.2) is 0 Å². The molecule has 7 heteroatoms. The predicted octanol–water partition coefficient (Wildman–Crippen LogP) is 6.76. The van der Waals surface area contributed by atoms with Crippen LogP contribution in [0.4, 0.5) is 0 Å². The number of hydrogen-bond donors (Lipinski definition) is 3. The van der Waals surface area contributed by atoms with Crippen molar-refractivity contribution in [2.75, 3.05) is 26.2 Å². The lowest BCUT2D eigenvalue weighted by Gasteiger charge is -2.56. The Morgan fingerprint density at radius 1 is 1.10 bits per heavy atom. The number of carboxylic acid groups (broad SMARTS) is 1. The van der Waals surface area contributed by atoms with Crippen LogP contribution in [0.3, 0.4) is 0 Å².